The van der Waals surface area contributed by atoms with E-state index in [1.54, 1.807) is 18.3 Å². The highest BCUT2D eigenvalue weighted by Gasteiger charge is 2.54. The van der Waals surface area contributed by atoms with Gasteiger partial charge in [0, 0.05) is 30.7 Å². The Morgan fingerprint density at radius 2 is 1.88 bits per heavy atom. The van der Waals surface area contributed by atoms with Gasteiger partial charge in [0.05, 0.1) is 0 Å². The predicted octanol–water partition coefficient (Wildman–Crippen LogP) is 2.40. The largest absolute Gasteiger partial charge is 0.368 e. The average molecular weight is 357 g/mol. The molecule has 0 saturated carbocycles. The number of aromatic nitrogens is 2. The summed E-state index contributed by atoms with van der Waals surface area (Å²) in [5, 5.41) is 0. The molecule has 26 heavy (non-hydrogen) atoms. The third-order valence-electron chi connectivity index (χ3n) is 6.33. The topological polar surface area (TPSA) is 58.3 Å². The Morgan fingerprint density at radius 3 is 2.65 bits per heavy atom. The fraction of sp³-hybridized carbons (Fsp3) is 0.474. The first-order chi connectivity index (χ1) is 12.6. The van der Waals surface area contributed by atoms with Crippen molar-refractivity contribution in [3.8, 4) is 0 Å². The van der Waals surface area contributed by atoms with Gasteiger partial charge in [-0.25, -0.2) is 13.8 Å². The smallest absolute Gasteiger partial charge is 0.221 e. The van der Waals surface area contributed by atoms with Crippen LogP contribution in [0.3, 0.4) is 0 Å². The number of fused-ring (bicyclic) bond motifs is 2. The molecular weight excluding hydrogens is 336 g/mol. The number of nitrogens with two attached hydrogens (primary N) is 1. The summed E-state index contributed by atoms with van der Waals surface area (Å²) in [6, 6.07) is 6.79. The van der Waals surface area contributed by atoms with Crippen molar-refractivity contribution in [1.29, 1.82) is 0 Å². The highest BCUT2D eigenvalue weighted by molar-refractivity contribution is 5.48. The van der Waals surface area contributed by atoms with Gasteiger partial charge in [-0.3, -0.25) is 4.90 Å². The molecule has 3 atom stereocenters. The molecule has 4 aliphatic rings. The molecule has 0 spiro atoms. The van der Waals surface area contributed by atoms with Crippen molar-refractivity contribution < 1.29 is 8.78 Å². The van der Waals surface area contributed by atoms with E-state index in [2.05, 4.69) is 19.8 Å². The van der Waals surface area contributed by atoms with Crippen LogP contribution in [-0.2, 0) is 0 Å². The molecule has 1 aromatic heterocycles. The van der Waals surface area contributed by atoms with Crippen LogP contribution < -0.4 is 10.6 Å². The first kappa shape index (κ1) is 15.9. The normalized spacial score (nSPS) is 32.7. The van der Waals surface area contributed by atoms with Crippen molar-refractivity contribution in [2.24, 2.45) is 5.92 Å². The van der Waals surface area contributed by atoms with Gasteiger partial charge in [0.1, 0.15) is 5.82 Å². The quantitative estimate of drug-likeness (QED) is 0.894. The molecule has 4 aliphatic heterocycles. The summed E-state index contributed by atoms with van der Waals surface area (Å²) in [4.78, 5) is 13.1. The van der Waals surface area contributed by atoms with Crippen LogP contribution in [0.2, 0.25) is 0 Å². The number of benzene rings is 1. The number of halogens is 2. The van der Waals surface area contributed by atoms with Crippen LogP contribution in [0.5, 0.6) is 0 Å². The van der Waals surface area contributed by atoms with Gasteiger partial charge in [-0.05, 0) is 49.5 Å². The number of anilines is 2. The van der Waals surface area contributed by atoms with E-state index >= 15 is 0 Å². The van der Waals surface area contributed by atoms with Crippen molar-refractivity contribution in [2.75, 3.05) is 30.3 Å². The second-order valence-electron chi connectivity index (χ2n) is 7.53. The number of nitrogens with zero attached hydrogens (tertiary/aromatic N) is 4. The van der Waals surface area contributed by atoms with Gasteiger partial charge in [-0.15, -0.1) is 0 Å². The summed E-state index contributed by atoms with van der Waals surface area (Å²) in [6.45, 7) is 2.66. The second-order valence-corrected chi connectivity index (χ2v) is 7.53. The van der Waals surface area contributed by atoms with Crippen LogP contribution in [0, 0.1) is 17.6 Å². The molecule has 4 fully saturated rings. The van der Waals surface area contributed by atoms with Crippen LogP contribution in [0.15, 0.2) is 30.5 Å². The van der Waals surface area contributed by atoms with Gasteiger partial charge in [-0.2, -0.15) is 4.98 Å². The predicted molar refractivity (Wildman–Crippen MR) is 94.8 cm³/mol. The van der Waals surface area contributed by atoms with E-state index < -0.39 is 11.6 Å². The van der Waals surface area contributed by atoms with Crippen molar-refractivity contribution in [2.45, 2.75) is 30.8 Å². The Balaban J connectivity index is 1.60. The number of piperidine rings is 3. The molecule has 4 saturated heterocycles. The van der Waals surface area contributed by atoms with Crippen molar-refractivity contribution in [3.05, 3.63) is 47.7 Å². The van der Waals surface area contributed by atoms with E-state index in [9.17, 15) is 8.78 Å². The fourth-order valence-electron chi connectivity index (χ4n) is 5.29. The molecule has 5 nitrogen and oxygen atoms in total. The van der Waals surface area contributed by atoms with E-state index in [4.69, 9.17) is 5.73 Å². The highest BCUT2D eigenvalue weighted by Crippen LogP contribution is 2.48. The lowest BCUT2D eigenvalue weighted by Crippen LogP contribution is -2.60. The van der Waals surface area contributed by atoms with Crippen LogP contribution in [0.1, 0.15) is 24.3 Å². The van der Waals surface area contributed by atoms with Crippen LogP contribution in [0.25, 0.3) is 0 Å². The summed E-state index contributed by atoms with van der Waals surface area (Å²) in [6.07, 6.45) is 3.93. The Morgan fingerprint density at radius 1 is 1.08 bits per heavy atom. The molecule has 1 aromatic carbocycles. The van der Waals surface area contributed by atoms with E-state index in [-0.39, 0.29) is 23.9 Å². The summed E-state index contributed by atoms with van der Waals surface area (Å²) in [5.74, 6) is -0.0261. The monoisotopic (exact) mass is 357 g/mol. The number of nitrogen functional groups attached to an aromatic ring is 1. The van der Waals surface area contributed by atoms with Gasteiger partial charge < -0.3 is 10.6 Å². The van der Waals surface area contributed by atoms with Crippen molar-refractivity contribution >= 4 is 11.8 Å². The lowest BCUT2D eigenvalue weighted by molar-refractivity contribution is 0.0350. The zero-order valence-electron chi connectivity index (χ0n) is 14.4. The first-order valence-corrected chi connectivity index (χ1v) is 9.16. The molecule has 6 rings (SSSR count). The Kier molecular flexibility index (Phi) is 3.60. The van der Waals surface area contributed by atoms with E-state index in [0.29, 0.717) is 18.0 Å². The lowest BCUT2D eigenvalue weighted by atomic mass is 9.75. The molecule has 0 radical (unpaired) electrons. The maximum absolute atomic E-state index is 14.6. The highest BCUT2D eigenvalue weighted by atomic mass is 19.2. The van der Waals surface area contributed by atoms with Gasteiger partial charge >= 0.3 is 0 Å². The maximum atomic E-state index is 14.6. The van der Waals surface area contributed by atoms with E-state index in [0.717, 1.165) is 31.7 Å². The average Bonchev–Trinajstić information content (AvgIpc) is 3.08. The molecule has 0 aliphatic carbocycles. The third kappa shape index (κ3) is 2.30. The standard InChI is InChI=1S/C19H21F2N5/c20-14-3-1-2-12(16(14)21)13-10-26(15-4-7-23-19(22)24-15)17-11-5-8-25(9-6-11)18(13)17/h1-4,7,11,13,17-18H,5-6,8-10H2,(H2,22,23,24)/t13-,17-,18-/m1/s1. The van der Waals surface area contributed by atoms with Gasteiger partial charge in [0.2, 0.25) is 5.95 Å². The minimum atomic E-state index is -0.778. The number of hydrogen-bond acceptors (Lipinski definition) is 5. The Bertz CT molecular complexity index is 836. The SMILES string of the molecule is Nc1nccc(N2C[C@H](c3cccc(F)c3F)[C@@H]3[C@H]2C2CCN3CC2)n1. The molecule has 0 amide bonds. The number of hydrogen-bond donors (Lipinski definition) is 1. The Hall–Kier alpha value is -2.28. The number of rotatable bonds is 2. The fourth-order valence-corrected chi connectivity index (χ4v) is 5.29. The summed E-state index contributed by atoms with van der Waals surface area (Å²) < 4.78 is 28.5. The summed E-state index contributed by atoms with van der Waals surface area (Å²) in [7, 11) is 0. The van der Waals surface area contributed by atoms with E-state index in [1.165, 1.54) is 6.07 Å². The molecule has 5 heterocycles. The van der Waals surface area contributed by atoms with Gasteiger partial charge in [0.15, 0.2) is 11.6 Å². The Labute approximate surface area is 150 Å². The minimum absolute atomic E-state index is 0.0880. The minimum Gasteiger partial charge on any atom is -0.368 e. The molecule has 2 N–H and O–H groups in total. The van der Waals surface area contributed by atoms with Crippen LogP contribution in [0.4, 0.5) is 20.5 Å². The maximum Gasteiger partial charge on any atom is 0.221 e. The summed E-state index contributed by atoms with van der Waals surface area (Å²) in [5.41, 5.74) is 6.26. The van der Waals surface area contributed by atoms with E-state index in [1.807, 2.05) is 6.07 Å². The second kappa shape index (κ2) is 5.87. The van der Waals surface area contributed by atoms with Crippen molar-refractivity contribution in [3.63, 3.8) is 0 Å². The van der Waals surface area contributed by atoms with Gasteiger partial charge in [0.25, 0.3) is 0 Å². The lowest BCUT2D eigenvalue weighted by Gasteiger charge is -2.51. The zero-order chi connectivity index (χ0) is 17.8. The zero-order valence-corrected chi connectivity index (χ0v) is 14.4. The molecule has 2 aromatic rings. The first-order valence-electron chi connectivity index (χ1n) is 9.16. The molecule has 136 valence electrons. The third-order valence-corrected chi connectivity index (χ3v) is 6.33. The molecule has 0 unspecified atom stereocenters. The summed E-state index contributed by atoms with van der Waals surface area (Å²) >= 11 is 0. The van der Waals surface area contributed by atoms with Crippen LogP contribution in [-0.4, -0.2) is 46.6 Å². The molecule has 2 bridgehead atoms. The van der Waals surface area contributed by atoms with Crippen LogP contribution >= 0.6 is 0 Å². The molecular formula is C19H21F2N5. The van der Waals surface area contributed by atoms with Gasteiger partial charge in [-0.1, -0.05) is 12.1 Å². The van der Waals surface area contributed by atoms with Crippen molar-refractivity contribution in [1.82, 2.24) is 14.9 Å². The molecule has 7 heteroatoms.